The Morgan fingerprint density at radius 1 is 0.969 bits per heavy atom. The van der Waals surface area contributed by atoms with Crippen LogP contribution in [-0.4, -0.2) is 25.9 Å². The average molecular weight is 491 g/mol. The lowest BCUT2D eigenvalue weighted by Gasteiger charge is -2.11. The minimum atomic E-state index is -4.05. The van der Waals surface area contributed by atoms with E-state index in [1.54, 1.807) is 31.2 Å². The Hall–Kier alpha value is -2.80. The second-order valence-electron chi connectivity index (χ2n) is 6.89. The number of carbonyl (C=O) groups is 1. The summed E-state index contributed by atoms with van der Waals surface area (Å²) in [6, 6.07) is 16.7. The summed E-state index contributed by atoms with van der Waals surface area (Å²) in [5.74, 6) is -0.943. The van der Waals surface area contributed by atoms with Gasteiger partial charge in [-0.15, -0.1) is 0 Å². The van der Waals surface area contributed by atoms with E-state index >= 15 is 0 Å². The van der Waals surface area contributed by atoms with Crippen LogP contribution < -0.4 is 4.74 Å². The molecule has 0 unspecified atom stereocenters. The highest BCUT2D eigenvalue weighted by Gasteiger charge is 2.27. The van der Waals surface area contributed by atoms with Crippen molar-refractivity contribution in [2.75, 3.05) is 6.61 Å². The first-order valence-corrected chi connectivity index (χ1v) is 12.1. The monoisotopic (exact) mass is 490 g/mol. The Morgan fingerprint density at radius 2 is 1.56 bits per heavy atom. The van der Waals surface area contributed by atoms with Gasteiger partial charge in [0, 0.05) is 15.6 Å². The number of halogens is 2. The first kappa shape index (κ1) is 23.9. The second kappa shape index (κ2) is 10.2. The number of aromatic hydroxyl groups is 1. The van der Waals surface area contributed by atoms with E-state index in [0.717, 1.165) is 0 Å². The molecule has 0 radical (unpaired) electrons. The molecule has 0 aliphatic heterocycles. The fourth-order valence-corrected chi connectivity index (χ4v) is 4.72. The average Bonchev–Trinajstić information content (AvgIpc) is 2.76. The van der Waals surface area contributed by atoms with Gasteiger partial charge in [-0.25, -0.2) is 8.42 Å². The number of phenols is 1. The van der Waals surface area contributed by atoms with E-state index in [2.05, 4.69) is 0 Å². The first-order chi connectivity index (χ1) is 15.2. The summed E-state index contributed by atoms with van der Waals surface area (Å²) in [6.07, 6.45) is 1.28. The van der Waals surface area contributed by atoms with Crippen LogP contribution in [-0.2, 0) is 15.6 Å². The Balaban J connectivity index is 2.09. The summed E-state index contributed by atoms with van der Waals surface area (Å²) in [4.78, 5) is 12.9. The van der Waals surface area contributed by atoms with Gasteiger partial charge in [-0.1, -0.05) is 41.4 Å². The number of rotatable bonds is 8. The van der Waals surface area contributed by atoms with E-state index in [1.165, 1.54) is 48.5 Å². The van der Waals surface area contributed by atoms with Crippen molar-refractivity contribution < 1.29 is 23.1 Å². The lowest BCUT2D eigenvalue weighted by molar-refractivity contribution is 0.104. The van der Waals surface area contributed by atoms with Gasteiger partial charge < -0.3 is 9.84 Å². The number of sulfone groups is 1. The number of ether oxygens (including phenoxy) is 1. The van der Waals surface area contributed by atoms with Crippen LogP contribution in [0.4, 0.5) is 0 Å². The van der Waals surface area contributed by atoms with Crippen LogP contribution in [0, 0.1) is 0 Å². The van der Waals surface area contributed by atoms with E-state index in [4.69, 9.17) is 27.9 Å². The van der Waals surface area contributed by atoms with Crippen molar-refractivity contribution in [3.8, 4) is 11.5 Å². The molecule has 0 saturated carbocycles. The molecule has 0 aromatic heterocycles. The van der Waals surface area contributed by atoms with E-state index in [-0.39, 0.29) is 27.7 Å². The highest BCUT2D eigenvalue weighted by molar-refractivity contribution is 7.95. The molecule has 1 N–H and O–H groups in total. The standard InChI is InChI=1S/C24H20Cl2O5S/c1-2-31-22-13-17(5-12-21(22)27)14-23(24(28)18-6-10-20(26)11-7-18)32(29,30)15-16-3-8-19(25)9-4-16/h3-14,27H,2,15H2,1H3/b23-14-. The van der Waals surface area contributed by atoms with Crippen molar-refractivity contribution in [3.05, 3.63) is 98.4 Å². The number of hydrogen-bond acceptors (Lipinski definition) is 5. The van der Waals surface area contributed by atoms with Gasteiger partial charge in [0.1, 0.15) is 4.91 Å². The van der Waals surface area contributed by atoms with Crippen LogP contribution in [0.1, 0.15) is 28.4 Å². The summed E-state index contributed by atoms with van der Waals surface area (Å²) in [5, 5.41) is 10.8. The normalized spacial score (nSPS) is 11.9. The van der Waals surface area contributed by atoms with Crippen molar-refractivity contribution >= 4 is 44.9 Å². The second-order valence-corrected chi connectivity index (χ2v) is 9.72. The summed E-state index contributed by atoms with van der Waals surface area (Å²) in [7, 11) is -4.05. The Kier molecular flexibility index (Phi) is 7.61. The lowest BCUT2D eigenvalue weighted by atomic mass is 10.1. The van der Waals surface area contributed by atoms with Crippen LogP contribution in [0.15, 0.2) is 71.6 Å². The molecule has 0 aliphatic rings. The number of benzene rings is 3. The zero-order chi connectivity index (χ0) is 23.3. The molecule has 166 valence electrons. The van der Waals surface area contributed by atoms with Gasteiger partial charge in [0.15, 0.2) is 21.3 Å². The molecule has 3 rings (SSSR count). The number of carbonyl (C=O) groups excluding carboxylic acids is 1. The Bertz CT molecular complexity index is 1250. The number of hydrogen-bond donors (Lipinski definition) is 1. The van der Waals surface area contributed by atoms with E-state index in [1.807, 2.05) is 0 Å². The smallest absolute Gasteiger partial charge is 0.204 e. The Morgan fingerprint density at radius 3 is 2.16 bits per heavy atom. The number of Topliss-reactive ketones (excluding diaryl/α,β-unsaturated/α-hetero) is 1. The van der Waals surface area contributed by atoms with Gasteiger partial charge in [0.25, 0.3) is 0 Å². The van der Waals surface area contributed by atoms with Gasteiger partial charge in [-0.2, -0.15) is 0 Å². The minimum absolute atomic E-state index is 0.0846. The summed E-state index contributed by atoms with van der Waals surface area (Å²) in [5.41, 5.74) is 1.07. The van der Waals surface area contributed by atoms with Crippen molar-refractivity contribution in [1.29, 1.82) is 0 Å². The third-order valence-electron chi connectivity index (χ3n) is 4.52. The van der Waals surface area contributed by atoms with Crippen LogP contribution in [0.5, 0.6) is 11.5 Å². The molecule has 0 atom stereocenters. The molecule has 0 aliphatic carbocycles. The van der Waals surface area contributed by atoms with E-state index < -0.39 is 15.6 Å². The van der Waals surface area contributed by atoms with Gasteiger partial charge in [0.2, 0.25) is 5.78 Å². The predicted octanol–water partition coefficient (Wildman–Crippen LogP) is 5.94. The lowest BCUT2D eigenvalue weighted by Crippen LogP contribution is -2.16. The fraction of sp³-hybridized carbons (Fsp3) is 0.125. The molecular weight excluding hydrogens is 471 g/mol. The third-order valence-corrected chi connectivity index (χ3v) is 6.71. The topological polar surface area (TPSA) is 80.7 Å². The van der Waals surface area contributed by atoms with Gasteiger partial charge in [0.05, 0.1) is 12.4 Å². The van der Waals surface area contributed by atoms with Gasteiger partial charge in [-0.3, -0.25) is 4.79 Å². The molecular formula is C24H20Cl2O5S. The maximum absolute atomic E-state index is 13.3. The number of ketones is 1. The molecule has 32 heavy (non-hydrogen) atoms. The Labute approximate surface area is 196 Å². The summed E-state index contributed by atoms with van der Waals surface area (Å²) >= 11 is 11.8. The maximum atomic E-state index is 13.3. The van der Waals surface area contributed by atoms with E-state index in [9.17, 15) is 18.3 Å². The fourth-order valence-electron chi connectivity index (χ4n) is 2.96. The molecule has 5 nitrogen and oxygen atoms in total. The van der Waals surface area contributed by atoms with Crippen LogP contribution in [0.3, 0.4) is 0 Å². The minimum Gasteiger partial charge on any atom is -0.504 e. The molecule has 0 bridgehead atoms. The molecule has 3 aromatic carbocycles. The highest BCUT2D eigenvalue weighted by Crippen LogP contribution is 2.30. The molecule has 0 fully saturated rings. The summed E-state index contributed by atoms with van der Waals surface area (Å²) in [6.45, 7) is 2.07. The zero-order valence-electron chi connectivity index (χ0n) is 17.1. The molecule has 3 aromatic rings. The SMILES string of the molecule is CCOc1cc(/C=C(/C(=O)c2ccc(Cl)cc2)S(=O)(=O)Cc2ccc(Cl)cc2)ccc1O. The summed E-state index contributed by atoms with van der Waals surface area (Å²) < 4.78 is 32.0. The highest BCUT2D eigenvalue weighted by atomic mass is 35.5. The number of allylic oxidation sites excluding steroid dienone is 1. The third kappa shape index (κ3) is 5.91. The van der Waals surface area contributed by atoms with E-state index in [0.29, 0.717) is 27.8 Å². The van der Waals surface area contributed by atoms with Crippen molar-refractivity contribution in [2.24, 2.45) is 0 Å². The maximum Gasteiger partial charge on any atom is 0.204 e. The number of phenolic OH excluding ortho intramolecular Hbond substituents is 1. The quantitative estimate of drug-likeness (QED) is 0.312. The largest absolute Gasteiger partial charge is 0.504 e. The van der Waals surface area contributed by atoms with Crippen LogP contribution >= 0.6 is 23.2 Å². The van der Waals surface area contributed by atoms with Gasteiger partial charge >= 0.3 is 0 Å². The molecule has 0 spiro atoms. The van der Waals surface area contributed by atoms with Crippen molar-refractivity contribution in [3.63, 3.8) is 0 Å². The molecule has 0 heterocycles. The van der Waals surface area contributed by atoms with Crippen LogP contribution in [0.25, 0.3) is 6.08 Å². The molecule has 8 heteroatoms. The predicted molar refractivity (Wildman–Crippen MR) is 127 cm³/mol. The van der Waals surface area contributed by atoms with Gasteiger partial charge in [-0.05, 0) is 72.7 Å². The van der Waals surface area contributed by atoms with Crippen molar-refractivity contribution in [1.82, 2.24) is 0 Å². The molecule has 0 amide bonds. The van der Waals surface area contributed by atoms with Crippen molar-refractivity contribution in [2.45, 2.75) is 12.7 Å². The molecule has 0 saturated heterocycles. The zero-order valence-corrected chi connectivity index (χ0v) is 19.4. The first-order valence-electron chi connectivity index (χ1n) is 9.64. The van der Waals surface area contributed by atoms with Crippen LogP contribution in [0.2, 0.25) is 10.0 Å².